The van der Waals surface area contributed by atoms with Crippen molar-refractivity contribution in [2.45, 2.75) is 89.7 Å². The number of nitrogens with zero attached hydrogens (tertiary/aromatic N) is 1. The molecule has 0 aromatic heterocycles. The van der Waals surface area contributed by atoms with Crippen molar-refractivity contribution in [3.05, 3.63) is 0 Å². The smallest absolute Gasteiger partial charge is 0.0695 e. The van der Waals surface area contributed by atoms with Crippen LogP contribution in [0.1, 0.15) is 77.6 Å². The first-order valence-electron chi connectivity index (χ1n) is 9.14. The van der Waals surface area contributed by atoms with Crippen molar-refractivity contribution in [1.29, 1.82) is 0 Å². The van der Waals surface area contributed by atoms with Crippen LogP contribution in [0, 0.1) is 11.3 Å². The Balaban J connectivity index is 1.55. The van der Waals surface area contributed by atoms with Crippen LogP contribution in [-0.2, 0) is 0 Å². The second-order valence-corrected chi connectivity index (χ2v) is 7.85. The molecular formula is C18H33NO. The third-order valence-electron chi connectivity index (χ3n) is 6.58. The van der Waals surface area contributed by atoms with Crippen molar-refractivity contribution in [1.82, 2.24) is 4.90 Å². The minimum Gasteiger partial charge on any atom is -0.391 e. The van der Waals surface area contributed by atoms with Gasteiger partial charge in [0.2, 0.25) is 0 Å². The first-order chi connectivity index (χ1) is 9.72. The number of aliphatic hydroxyl groups excluding tert-OH is 1. The van der Waals surface area contributed by atoms with Crippen LogP contribution in [-0.4, -0.2) is 35.2 Å². The van der Waals surface area contributed by atoms with E-state index in [1.54, 1.807) is 0 Å². The summed E-state index contributed by atoms with van der Waals surface area (Å²) in [4.78, 5) is 2.65. The lowest BCUT2D eigenvalue weighted by Gasteiger charge is -2.46. The van der Waals surface area contributed by atoms with E-state index >= 15 is 0 Å². The molecule has 3 fully saturated rings. The predicted molar refractivity (Wildman–Crippen MR) is 83.8 cm³/mol. The quantitative estimate of drug-likeness (QED) is 0.845. The van der Waals surface area contributed by atoms with Crippen molar-refractivity contribution < 1.29 is 5.11 Å². The summed E-state index contributed by atoms with van der Waals surface area (Å²) in [5.74, 6) is 0.871. The lowest BCUT2D eigenvalue weighted by atomic mass is 9.75. The average molecular weight is 279 g/mol. The molecule has 0 radical (unpaired) electrons. The minimum absolute atomic E-state index is 0.0549. The van der Waals surface area contributed by atoms with Crippen molar-refractivity contribution in [2.75, 3.05) is 13.1 Å². The topological polar surface area (TPSA) is 23.5 Å². The number of piperidine rings is 1. The number of likely N-dealkylation sites (tertiary alicyclic amines) is 1. The van der Waals surface area contributed by atoms with Gasteiger partial charge in [-0.15, -0.1) is 0 Å². The Hall–Kier alpha value is -0.0800. The van der Waals surface area contributed by atoms with Crippen LogP contribution in [0.5, 0.6) is 0 Å². The van der Waals surface area contributed by atoms with Gasteiger partial charge in [-0.2, -0.15) is 0 Å². The van der Waals surface area contributed by atoms with E-state index in [2.05, 4.69) is 11.8 Å². The van der Waals surface area contributed by atoms with Crippen molar-refractivity contribution in [2.24, 2.45) is 11.3 Å². The molecule has 2 aliphatic carbocycles. The molecule has 3 unspecified atom stereocenters. The van der Waals surface area contributed by atoms with E-state index in [1.807, 2.05) is 0 Å². The van der Waals surface area contributed by atoms with Gasteiger partial charge in [0.25, 0.3) is 0 Å². The monoisotopic (exact) mass is 279 g/mol. The molecule has 0 bridgehead atoms. The Morgan fingerprint density at radius 1 is 1.05 bits per heavy atom. The standard InChI is InChI=1S/C18H33NO/c1-2-5-15-6-7-17(20)16(14-15)19-12-10-18(11-13-19)8-3-4-9-18/h15-17,20H,2-14H2,1H3. The van der Waals surface area contributed by atoms with Crippen molar-refractivity contribution in [3.8, 4) is 0 Å². The molecule has 116 valence electrons. The Morgan fingerprint density at radius 3 is 2.40 bits per heavy atom. The summed E-state index contributed by atoms with van der Waals surface area (Å²) in [7, 11) is 0. The lowest BCUT2D eigenvalue weighted by molar-refractivity contribution is -0.0248. The maximum atomic E-state index is 10.4. The van der Waals surface area contributed by atoms with Gasteiger partial charge in [0.15, 0.2) is 0 Å². The summed E-state index contributed by atoms with van der Waals surface area (Å²) in [6.07, 6.45) is 14.8. The van der Waals surface area contributed by atoms with Crippen LogP contribution in [0.2, 0.25) is 0 Å². The van der Waals surface area contributed by atoms with Crippen molar-refractivity contribution >= 4 is 0 Å². The zero-order chi connectivity index (χ0) is 14.0. The molecule has 3 atom stereocenters. The molecule has 1 N–H and O–H groups in total. The highest BCUT2D eigenvalue weighted by Crippen LogP contribution is 2.47. The Morgan fingerprint density at radius 2 is 1.75 bits per heavy atom. The van der Waals surface area contributed by atoms with Gasteiger partial charge in [-0.1, -0.05) is 32.6 Å². The highest BCUT2D eigenvalue weighted by Gasteiger charge is 2.40. The second kappa shape index (κ2) is 6.36. The van der Waals surface area contributed by atoms with E-state index < -0.39 is 0 Å². The molecule has 0 amide bonds. The third kappa shape index (κ3) is 3.06. The predicted octanol–water partition coefficient (Wildman–Crippen LogP) is 3.97. The second-order valence-electron chi connectivity index (χ2n) is 7.85. The number of aliphatic hydroxyl groups is 1. The fourth-order valence-corrected chi connectivity index (χ4v) is 5.23. The van der Waals surface area contributed by atoms with Gasteiger partial charge in [0.1, 0.15) is 0 Å². The van der Waals surface area contributed by atoms with E-state index in [0.29, 0.717) is 11.5 Å². The van der Waals surface area contributed by atoms with Gasteiger partial charge in [0.05, 0.1) is 6.10 Å². The molecule has 2 nitrogen and oxygen atoms in total. The van der Waals surface area contributed by atoms with Crippen LogP contribution in [0.25, 0.3) is 0 Å². The molecule has 1 spiro atoms. The van der Waals surface area contributed by atoms with E-state index in [4.69, 9.17) is 0 Å². The molecule has 20 heavy (non-hydrogen) atoms. The first kappa shape index (κ1) is 14.8. The summed E-state index contributed by atoms with van der Waals surface area (Å²) < 4.78 is 0. The Kier molecular flexibility index (Phi) is 4.72. The van der Waals surface area contributed by atoms with Crippen molar-refractivity contribution in [3.63, 3.8) is 0 Å². The van der Waals surface area contributed by atoms with E-state index in [9.17, 15) is 5.11 Å². The summed E-state index contributed by atoms with van der Waals surface area (Å²) in [6.45, 7) is 4.80. The maximum Gasteiger partial charge on any atom is 0.0695 e. The third-order valence-corrected chi connectivity index (χ3v) is 6.58. The zero-order valence-corrected chi connectivity index (χ0v) is 13.3. The fraction of sp³-hybridized carbons (Fsp3) is 1.00. The molecule has 1 saturated heterocycles. The molecule has 0 aromatic carbocycles. The summed E-state index contributed by atoms with van der Waals surface area (Å²) >= 11 is 0. The fourth-order valence-electron chi connectivity index (χ4n) is 5.23. The van der Waals surface area contributed by atoms with Crippen LogP contribution >= 0.6 is 0 Å². The normalized spacial score (nSPS) is 38.4. The van der Waals surface area contributed by atoms with Crippen LogP contribution in [0.4, 0.5) is 0 Å². The SMILES string of the molecule is CCCC1CCC(O)C(N2CCC3(CCCC3)CC2)C1. The first-order valence-corrected chi connectivity index (χ1v) is 9.14. The molecular weight excluding hydrogens is 246 g/mol. The van der Waals surface area contributed by atoms with Gasteiger partial charge in [-0.3, -0.25) is 4.90 Å². The Bertz CT molecular complexity index is 301. The Labute approximate surface area is 124 Å². The highest BCUT2D eigenvalue weighted by molar-refractivity contribution is 4.94. The van der Waals surface area contributed by atoms with Gasteiger partial charge >= 0.3 is 0 Å². The average Bonchev–Trinajstić information content (AvgIpc) is 2.91. The van der Waals surface area contributed by atoms with E-state index in [1.165, 1.54) is 77.3 Å². The molecule has 0 aromatic rings. The molecule has 1 heterocycles. The molecule has 2 heteroatoms. The summed E-state index contributed by atoms with van der Waals surface area (Å²) in [6, 6.07) is 0.471. The lowest BCUT2D eigenvalue weighted by Crippen LogP contribution is -2.51. The minimum atomic E-state index is -0.0549. The van der Waals surface area contributed by atoms with E-state index in [0.717, 1.165) is 12.3 Å². The maximum absolute atomic E-state index is 10.4. The van der Waals surface area contributed by atoms with Crippen LogP contribution in [0.15, 0.2) is 0 Å². The molecule has 3 rings (SSSR count). The number of hydrogen-bond donors (Lipinski definition) is 1. The largest absolute Gasteiger partial charge is 0.391 e. The summed E-state index contributed by atoms with van der Waals surface area (Å²) in [5.41, 5.74) is 0.707. The number of rotatable bonds is 3. The zero-order valence-electron chi connectivity index (χ0n) is 13.3. The van der Waals surface area contributed by atoms with Gasteiger partial charge < -0.3 is 5.11 Å². The van der Waals surface area contributed by atoms with E-state index in [-0.39, 0.29) is 6.10 Å². The van der Waals surface area contributed by atoms with Gasteiger partial charge in [-0.05, 0) is 69.4 Å². The van der Waals surface area contributed by atoms with Crippen LogP contribution < -0.4 is 0 Å². The number of hydrogen-bond acceptors (Lipinski definition) is 2. The van der Waals surface area contributed by atoms with Gasteiger partial charge in [0, 0.05) is 6.04 Å². The highest BCUT2D eigenvalue weighted by atomic mass is 16.3. The molecule has 3 aliphatic rings. The molecule has 2 saturated carbocycles. The van der Waals surface area contributed by atoms with Crippen LogP contribution in [0.3, 0.4) is 0 Å². The molecule has 1 aliphatic heterocycles. The summed E-state index contributed by atoms with van der Waals surface area (Å²) in [5, 5.41) is 10.4. The van der Waals surface area contributed by atoms with Gasteiger partial charge in [-0.25, -0.2) is 0 Å².